The summed E-state index contributed by atoms with van der Waals surface area (Å²) in [4.78, 5) is 22.3. The summed E-state index contributed by atoms with van der Waals surface area (Å²) in [5.41, 5.74) is 0. The number of alkyl halides is 5. The van der Waals surface area contributed by atoms with Crippen LogP contribution >= 0.6 is 0 Å². The Labute approximate surface area is 125 Å². The molecule has 0 spiro atoms. The lowest BCUT2D eigenvalue weighted by Crippen LogP contribution is -2.54. The van der Waals surface area contributed by atoms with Gasteiger partial charge in [-0.05, 0) is 13.3 Å². The molecule has 0 aliphatic carbocycles. The molecule has 0 aromatic heterocycles. The van der Waals surface area contributed by atoms with Crippen LogP contribution in [-0.2, 0) is 14.3 Å². The van der Waals surface area contributed by atoms with Gasteiger partial charge in [0.25, 0.3) is 0 Å². The predicted octanol–water partition coefficient (Wildman–Crippen LogP) is 3.20. The van der Waals surface area contributed by atoms with Crippen LogP contribution in [0.4, 0.5) is 22.0 Å². The lowest BCUT2D eigenvalue weighted by atomic mass is 10.2. The average Bonchev–Trinajstić information content (AvgIpc) is 2.40. The van der Waals surface area contributed by atoms with E-state index in [0.717, 1.165) is 32.6 Å². The standard InChI is InChI=1S/C13H20F5NO3/c1-3-4-5-6-7-8-22-10(20)9(2)19-11(21)12(14,15)13(16,17)18/h9H,3-8H2,1-2H3,(H,19,21). The maximum atomic E-state index is 12.7. The first-order valence-corrected chi connectivity index (χ1v) is 6.96. The molecule has 1 N–H and O–H groups in total. The fraction of sp³-hybridized carbons (Fsp3) is 0.846. The molecule has 0 fully saturated rings. The van der Waals surface area contributed by atoms with Gasteiger partial charge in [0.2, 0.25) is 0 Å². The van der Waals surface area contributed by atoms with E-state index < -0.39 is 30.0 Å². The van der Waals surface area contributed by atoms with Gasteiger partial charge in [0.05, 0.1) is 6.61 Å². The molecule has 22 heavy (non-hydrogen) atoms. The Kier molecular flexibility index (Phi) is 8.32. The Bertz CT molecular complexity index is 371. The average molecular weight is 333 g/mol. The summed E-state index contributed by atoms with van der Waals surface area (Å²) in [5.74, 6) is -9.18. The van der Waals surface area contributed by atoms with Gasteiger partial charge in [-0.25, -0.2) is 4.79 Å². The molecule has 9 heteroatoms. The number of esters is 1. The van der Waals surface area contributed by atoms with Crippen molar-refractivity contribution in [2.45, 2.75) is 64.1 Å². The Morgan fingerprint density at radius 2 is 1.59 bits per heavy atom. The lowest BCUT2D eigenvalue weighted by molar-refractivity contribution is -0.270. The van der Waals surface area contributed by atoms with Gasteiger partial charge < -0.3 is 10.1 Å². The number of hydrogen-bond acceptors (Lipinski definition) is 3. The van der Waals surface area contributed by atoms with Gasteiger partial charge in [-0.2, -0.15) is 22.0 Å². The Morgan fingerprint density at radius 3 is 2.09 bits per heavy atom. The molecular weight excluding hydrogens is 313 g/mol. The van der Waals surface area contributed by atoms with Crippen LogP contribution in [0.2, 0.25) is 0 Å². The molecule has 4 nitrogen and oxygen atoms in total. The van der Waals surface area contributed by atoms with Crippen LogP contribution in [0.3, 0.4) is 0 Å². The van der Waals surface area contributed by atoms with Crippen molar-refractivity contribution in [2.24, 2.45) is 0 Å². The number of halogens is 5. The van der Waals surface area contributed by atoms with E-state index >= 15 is 0 Å². The number of unbranched alkanes of at least 4 members (excludes halogenated alkanes) is 4. The minimum absolute atomic E-state index is 0.0262. The van der Waals surface area contributed by atoms with Crippen molar-refractivity contribution in [1.29, 1.82) is 0 Å². The molecule has 130 valence electrons. The normalized spacial score (nSPS) is 13.6. The van der Waals surface area contributed by atoms with E-state index in [1.165, 1.54) is 5.32 Å². The Balaban J connectivity index is 4.18. The van der Waals surface area contributed by atoms with Crippen LogP contribution < -0.4 is 5.32 Å². The second kappa shape index (κ2) is 8.89. The minimum Gasteiger partial charge on any atom is -0.464 e. The Hall–Kier alpha value is -1.41. The van der Waals surface area contributed by atoms with Gasteiger partial charge >= 0.3 is 24.0 Å². The van der Waals surface area contributed by atoms with Gasteiger partial charge in [0.1, 0.15) is 6.04 Å². The van der Waals surface area contributed by atoms with Crippen LogP contribution in [0.15, 0.2) is 0 Å². The third-order valence-electron chi connectivity index (χ3n) is 2.83. The topological polar surface area (TPSA) is 55.4 Å². The van der Waals surface area contributed by atoms with Gasteiger partial charge in [-0.1, -0.05) is 32.6 Å². The summed E-state index contributed by atoms with van der Waals surface area (Å²) in [6.45, 7) is 3.03. The highest BCUT2D eigenvalue weighted by molar-refractivity contribution is 5.88. The first kappa shape index (κ1) is 20.6. The summed E-state index contributed by atoms with van der Waals surface area (Å²) in [5, 5.41) is 1.30. The molecule has 0 bridgehead atoms. The maximum Gasteiger partial charge on any atom is 0.463 e. The third kappa shape index (κ3) is 6.57. The van der Waals surface area contributed by atoms with Crippen molar-refractivity contribution in [1.82, 2.24) is 5.32 Å². The van der Waals surface area contributed by atoms with Crippen LogP contribution in [-0.4, -0.2) is 36.6 Å². The molecule has 0 aromatic rings. The number of rotatable bonds is 9. The van der Waals surface area contributed by atoms with Crippen molar-refractivity contribution >= 4 is 11.9 Å². The number of hydrogen-bond donors (Lipinski definition) is 1. The summed E-state index contributed by atoms with van der Waals surface area (Å²) >= 11 is 0. The number of nitrogens with one attached hydrogen (secondary N) is 1. The Morgan fingerprint density at radius 1 is 1.05 bits per heavy atom. The van der Waals surface area contributed by atoms with E-state index in [0.29, 0.717) is 6.42 Å². The fourth-order valence-corrected chi connectivity index (χ4v) is 1.48. The maximum absolute atomic E-state index is 12.7. The van der Waals surface area contributed by atoms with E-state index in [2.05, 4.69) is 0 Å². The zero-order chi connectivity index (χ0) is 17.4. The first-order chi connectivity index (χ1) is 10.0. The number of carbonyl (C=O) groups is 2. The van der Waals surface area contributed by atoms with Gasteiger partial charge in [0.15, 0.2) is 0 Å². The molecule has 0 saturated heterocycles. The van der Waals surface area contributed by atoms with E-state index in [9.17, 15) is 31.5 Å². The summed E-state index contributed by atoms with van der Waals surface area (Å²) in [7, 11) is 0. The van der Waals surface area contributed by atoms with Gasteiger partial charge in [0, 0.05) is 0 Å². The van der Waals surface area contributed by atoms with Crippen LogP contribution in [0.1, 0.15) is 46.0 Å². The third-order valence-corrected chi connectivity index (χ3v) is 2.83. The molecular formula is C13H20F5NO3. The summed E-state index contributed by atoms with van der Waals surface area (Å²) in [6, 6.07) is -1.59. The van der Waals surface area contributed by atoms with Crippen molar-refractivity contribution < 1.29 is 36.3 Å². The van der Waals surface area contributed by atoms with Gasteiger partial charge in [-0.3, -0.25) is 4.79 Å². The second-order valence-corrected chi connectivity index (χ2v) is 4.85. The largest absolute Gasteiger partial charge is 0.464 e. The van der Waals surface area contributed by atoms with Crippen molar-refractivity contribution in [3.8, 4) is 0 Å². The molecule has 0 radical (unpaired) electrons. The summed E-state index contributed by atoms with van der Waals surface area (Å²) < 4.78 is 65.9. The second-order valence-electron chi connectivity index (χ2n) is 4.85. The van der Waals surface area contributed by atoms with E-state index in [-0.39, 0.29) is 6.61 Å². The quantitative estimate of drug-likeness (QED) is 0.400. The van der Waals surface area contributed by atoms with Crippen molar-refractivity contribution in [2.75, 3.05) is 6.61 Å². The van der Waals surface area contributed by atoms with Gasteiger partial charge in [-0.15, -0.1) is 0 Å². The van der Waals surface area contributed by atoms with Crippen LogP contribution in [0.5, 0.6) is 0 Å². The smallest absolute Gasteiger partial charge is 0.463 e. The number of amides is 1. The minimum atomic E-state index is -6.01. The first-order valence-electron chi connectivity index (χ1n) is 6.96. The van der Waals surface area contributed by atoms with E-state index in [4.69, 9.17) is 4.74 Å². The van der Waals surface area contributed by atoms with Crippen molar-refractivity contribution in [3.63, 3.8) is 0 Å². The number of carbonyl (C=O) groups excluding carboxylic acids is 2. The number of ether oxygens (including phenoxy) is 1. The molecule has 1 unspecified atom stereocenters. The molecule has 0 rings (SSSR count). The van der Waals surface area contributed by atoms with Crippen molar-refractivity contribution in [3.05, 3.63) is 0 Å². The highest BCUT2D eigenvalue weighted by atomic mass is 19.4. The highest BCUT2D eigenvalue weighted by Crippen LogP contribution is 2.35. The molecule has 0 aliphatic heterocycles. The predicted molar refractivity (Wildman–Crippen MR) is 68.3 cm³/mol. The molecule has 0 heterocycles. The molecule has 0 aliphatic rings. The highest BCUT2D eigenvalue weighted by Gasteiger charge is 2.63. The zero-order valence-electron chi connectivity index (χ0n) is 12.4. The fourth-order valence-electron chi connectivity index (χ4n) is 1.48. The lowest BCUT2D eigenvalue weighted by Gasteiger charge is -2.20. The van der Waals surface area contributed by atoms with Crippen LogP contribution in [0.25, 0.3) is 0 Å². The monoisotopic (exact) mass is 333 g/mol. The summed E-state index contributed by atoms with van der Waals surface area (Å²) in [6.07, 6.45) is -1.61. The van der Waals surface area contributed by atoms with E-state index in [1.807, 2.05) is 6.92 Å². The molecule has 1 atom stereocenters. The SMILES string of the molecule is CCCCCCCOC(=O)C(C)NC(=O)C(F)(F)C(F)(F)F. The molecule has 1 amide bonds. The molecule has 0 saturated carbocycles. The van der Waals surface area contributed by atoms with Crippen LogP contribution in [0, 0.1) is 0 Å². The zero-order valence-corrected chi connectivity index (χ0v) is 12.4. The molecule has 0 aromatic carbocycles. The van der Waals surface area contributed by atoms with E-state index in [1.54, 1.807) is 0 Å².